The Morgan fingerprint density at radius 1 is 0.351 bits per heavy atom. The maximum Gasteiger partial charge on any atom is 0.328 e. The Morgan fingerprint density at radius 2 is 0.693 bits per heavy atom. The first-order chi connectivity index (χ1) is 55.3. The molecule has 0 bridgehead atoms. The van der Waals surface area contributed by atoms with E-state index in [0.29, 0.717) is 76.7 Å². The Hall–Kier alpha value is -11.8. The van der Waals surface area contributed by atoms with Crippen LogP contribution in [0.25, 0.3) is 0 Å². The van der Waals surface area contributed by atoms with Gasteiger partial charge in [-0.15, -0.1) is 0 Å². The fraction of sp³-hybridized carbons (Fsp3) is 0.337. The van der Waals surface area contributed by atoms with Crippen molar-refractivity contribution in [3.63, 3.8) is 0 Å². The van der Waals surface area contributed by atoms with Gasteiger partial charge < -0.3 is 19.9 Å². The second-order valence-electron chi connectivity index (χ2n) is 30.9. The Balaban J connectivity index is 0.000000133. The third-order valence-corrected chi connectivity index (χ3v) is 24.7. The monoisotopic (exact) mass is 1550 g/mol. The molecule has 0 radical (unpaired) electrons. The van der Waals surface area contributed by atoms with Gasteiger partial charge in [0.1, 0.15) is 5.82 Å². The van der Waals surface area contributed by atoms with Crippen LogP contribution >= 0.6 is 0 Å². The Morgan fingerprint density at radius 3 is 1.08 bits per heavy atom. The molecular weight excluding hydrogens is 1450 g/mol. The predicted molar refractivity (Wildman–Crippen MR) is 445 cm³/mol. The SMILES string of the molecule is CS(=O)(=O)c1ccccc1Cc1c(C2CCC(c3ccccc3)CC2)[nH]c(=O)[nH]c1=O.Cc1cccc(Cc2c(C3CCC(c4ccccc4)CC3)[nH]c(=O)[nH]c2=O)n1.Cn1c(=O)[nH]c(C2CCC(c3ccccc3)CC2)c(Cc2ccccc2)c1=O.O=c1[nH]c(C2CCC(c3ccccc3)CC2)c(Cc2ncccn2)c(=O)[nH]1. The van der Waals surface area contributed by atoms with Crippen molar-refractivity contribution in [2.24, 2.45) is 7.05 Å². The molecule has 6 aromatic carbocycles. The molecule has 22 heteroatoms. The summed E-state index contributed by atoms with van der Waals surface area (Å²) < 4.78 is 25.6. The number of nitrogens with zero attached hydrogens (tertiary/aromatic N) is 4. The van der Waals surface area contributed by atoms with E-state index >= 15 is 0 Å². The summed E-state index contributed by atoms with van der Waals surface area (Å²) in [5.41, 5.74) is 11.3. The van der Waals surface area contributed by atoms with Crippen LogP contribution in [-0.2, 0) is 42.6 Å². The summed E-state index contributed by atoms with van der Waals surface area (Å²) in [6.07, 6.45) is 21.8. The first-order valence-corrected chi connectivity index (χ1v) is 41.7. The molecule has 114 heavy (non-hydrogen) atoms. The number of hydrogen-bond donors (Lipinski definition) is 7. The van der Waals surface area contributed by atoms with E-state index in [-0.39, 0.29) is 57.4 Å². The first kappa shape index (κ1) is 80.3. The number of aromatic nitrogens is 11. The third kappa shape index (κ3) is 20.5. The molecule has 21 nitrogen and oxygen atoms in total. The van der Waals surface area contributed by atoms with Crippen molar-refractivity contribution < 1.29 is 8.42 Å². The van der Waals surface area contributed by atoms with Crippen molar-refractivity contribution in [2.45, 2.75) is 188 Å². The lowest BCUT2D eigenvalue weighted by atomic mass is 9.76. The molecule has 6 aromatic heterocycles. The summed E-state index contributed by atoms with van der Waals surface area (Å²) in [6, 6.07) is 66.4. The van der Waals surface area contributed by atoms with Gasteiger partial charge in [-0.25, -0.2) is 37.6 Å². The van der Waals surface area contributed by atoms with Gasteiger partial charge in [0.2, 0.25) is 0 Å². The zero-order valence-electron chi connectivity index (χ0n) is 64.7. The minimum atomic E-state index is -3.43. The lowest BCUT2D eigenvalue weighted by Gasteiger charge is -2.30. The molecule has 0 unspecified atom stereocenters. The number of benzene rings is 6. The zero-order chi connectivity index (χ0) is 79.7. The van der Waals surface area contributed by atoms with E-state index in [4.69, 9.17) is 0 Å². The van der Waals surface area contributed by atoms with E-state index < -0.39 is 32.5 Å². The average molecular weight is 1550 g/mol. The second kappa shape index (κ2) is 37.7. The van der Waals surface area contributed by atoms with E-state index in [2.05, 4.69) is 141 Å². The lowest BCUT2D eigenvalue weighted by molar-refractivity contribution is 0.387. The highest BCUT2D eigenvalue weighted by Crippen LogP contribution is 2.45. The minimum Gasteiger partial charge on any atom is -0.311 e. The van der Waals surface area contributed by atoms with Crippen molar-refractivity contribution in [3.05, 3.63) is 392 Å². The van der Waals surface area contributed by atoms with E-state index in [9.17, 15) is 46.8 Å². The number of H-pyrrole nitrogens is 7. The Labute approximate surface area is 661 Å². The molecule has 4 aliphatic rings. The number of hydrogen-bond acceptors (Lipinski definition) is 13. The van der Waals surface area contributed by atoms with Gasteiger partial charge in [0.25, 0.3) is 22.2 Å². The van der Waals surface area contributed by atoms with Crippen LogP contribution in [0.3, 0.4) is 0 Å². The summed E-state index contributed by atoms with van der Waals surface area (Å²) in [5, 5.41) is 0. The van der Waals surface area contributed by atoms with Crippen LogP contribution in [0.4, 0.5) is 0 Å². The van der Waals surface area contributed by atoms with E-state index in [1.54, 1.807) is 49.8 Å². The molecule has 0 amide bonds. The summed E-state index contributed by atoms with van der Waals surface area (Å²) in [5.74, 6) is 3.39. The molecular formula is C92H99N11O10S. The summed E-state index contributed by atoms with van der Waals surface area (Å²) in [4.78, 5) is 131. The summed E-state index contributed by atoms with van der Waals surface area (Å²) >= 11 is 0. The molecule has 0 saturated heterocycles. The van der Waals surface area contributed by atoms with Crippen LogP contribution in [0.5, 0.6) is 0 Å². The maximum atomic E-state index is 12.9. The van der Waals surface area contributed by atoms with Gasteiger partial charge in [-0.3, -0.25) is 43.7 Å². The molecule has 16 rings (SSSR count). The molecule has 0 spiro atoms. The quantitative estimate of drug-likeness (QED) is 0.0446. The van der Waals surface area contributed by atoms with Crippen molar-refractivity contribution in [1.29, 1.82) is 0 Å². The normalized spacial score (nSPS) is 19.5. The lowest BCUT2D eigenvalue weighted by Crippen LogP contribution is -2.37. The topological polar surface area (TPSA) is 325 Å². The van der Waals surface area contributed by atoms with Crippen molar-refractivity contribution in [2.75, 3.05) is 6.26 Å². The second-order valence-corrected chi connectivity index (χ2v) is 32.9. The highest BCUT2D eigenvalue weighted by atomic mass is 32.2. The molecule has 0 aliphatic heterocycles. The molecule has 4 saturated carbocycles. The largest absolute Gasteiger partial charge is 0.328 e. The molecule has 7 N–H and O–H groups in total. The van der Waals surface area contributed by atoms with E-state index in [1.165, 1.54) is 26.8 Å². The highest BCUT2D eigenvalue weighted by molar-refractivity contribution is 7.90. The molecule has 0 atom stereocenters. The number of rotatable bonds is 17. The van der Waals surface area contributed by atoms with Gasteiger partial charge in [0, 0.05) is 108 Å². The number of aromatic amines is 7. The highest BCUT2D eigenvalue weighted by Gasteiger charge is 2.32. The minimum absolute atomic E-state index is 0.0651. The van der Waals surface area contributed by atoms with Crippen LogP contribution in [0.15, 0.2) is 256 Å². The average Bonchev–Trinajstić information content (AvgIpc) is 0.789. The molecule has 4 fully saturated rings. The number of aryl methyl sites for hydroxylation is 1. The van der Waals surface area contributed by atoms with Crippen LogP contribution in [-0.4, -0.2) is 69.1 Å². The summed E-state index contributed by atoms with van der Waals surface area (Å²) in [7, 11) is -1.89. The molecule has 12 aromatic rings. The van der Waals surface area contributed by atoms with Crippen molar-refractivity contribution >= 4 is 9.84 Å². The standard InChI is InChI=1S/C24H26N2O4S.C24H26N2O2.C23H25N3O2.C21H22N4O2/c1-31(29,30)21-10-6-5-9-19(21)15-20-22(25-24(28)26-23(20)27)18-13-11-17(12-14-18)16-7-3-2-4-8-16;1-26-23(27)21(16-17-8-4-2-5-9-17)22(25-24(26)28)20-14-12-19(13-15-20)18-10-6-3-7-11-18;1-15-6-5-9-19(24-15)14-20-21(25-23(28)26-22(20)27)18-12-10-17(11-13-18)16-7-3-2-4-8-16;26-20-17(13-18-22-11-4-12-23-18)19(24-21(27)25-20)16-9-7-15(8-10-16)14-5-2-1-3-6-14/h2-10,17-18H,11-15H2,1H3,(H2,25,26,27,28);2-11,19-20H,12-16H2,1H3,(H,25,28);2-9,17-18H,10-14H2,1H3,(H2,25,26,27,28);1-6,11-12,15-16H,7-10,13H2,(H2,24,25,26,27). The van der Waals surface area contributed by atoms with E-state index in [1.807, 2.05) is 85.8 Å². The fourth-order valence-corrected chi connectivity index (χ4v) is 18.5. The van der Waals surface area contributed by atoms with Crippen molar-refractivity contribution in [1.82, 2.24) is 54.4 Å². The van der Waals surface area contributed by atoms with Gasteiger partial charge in [-0.05, 0) is 215 Å². The predicted octanol–water partition coefficient (Wildman–Crippen LogP) is 14.3. The zero-order valence-corrected chi connectivity index (χ0v) is 65.6. The summed E-state index contributed by atoms with van der Waals surface area (Å²) in [6.45, 7) is 1.94. The van der Waals surface area contributed by atoms with Gasteiger partial charge in [0.15, 0.2) is 9.84 Å². The van der Waals surface area contributed by atoms with Crippen molar-refractivity contribution in [3.8, 4) is 0 Å². The van der Waals surface area contributed by atoms with Crippen LogP contribution in [0.1, 0.15) is 246 Å². The fourth-order valence-electron chi connectivity index (χ4n) is 17.6. The molecule has 588 valence electrons. The number of pyridine rings is 1. The van der Waals surface area contributed by atoms with Crippen LogP contribution in [0, 0.1) is 6.92 Å². The van der Waals surface area contributed by atoms with Gasteiger partial charge in [-0.1, -0.05) is 176 Å². The maximum absolute atomic E-state index is 12.9. The first-order valence-electron chi connectivity index (χ1n) is 39.8. The third-order valence-electron chi connectivity index (χ3n) is 23.5. The van der Waals surface area contributed by atoms with Gasteiger partial charge >= 0.3 is 22.8 Å². The van der Waals surface area contributed by atoms with Gasteiger partial charge in [0.05, 0.1) is 4.90 Å². The number of sulfone groups is 1. The Kier molecular flexibility index (Phi) is 26.5. The number of nitrogens with one attached hydrogen (secondary N) is 7. The smallest absolute Gasteiger partial charge is 0.311 e. The Bertz CT molecular complexity index is 5840. The van der Waals surface area contributed by atoms with E-state index in [0.717, 1.165) is 149 Å². The van der Waals surface area contributed by atoms with Gasteiger partial charge in [-0.2, -0.15) is 0 Å². The van der Waals surface area contributed by atoms with Crippen LogP contribution in [0.2, 0.25) is 0 Å². The molecule has 6 heterocycles. The molecule has 4 aliphatic carbocycles. The van der Waals surface area contributed by atoms with Crippen LogP contribution < -0.4 is 45.0 Å².